The second-order valence-corrected chi connectivity index (χ2v) is 3.99. The van der Waals surface area contributed by atoms with Gasteiger partial charge in [0.2, 0.25) is 0 Å². The fourth-order valence-corrected chi connectivity index (χ4v) is 2.09. The SMILES string of the molecule is CCn1cc(CCCN)c2ccc(F)cc21. The molecule has 3 heteroatoms. The van der Waals surface area contributed by atoms with E-state index in [4.69, 9.17) is 5.73 Å². The lowest BCUT2D eigenvalue weighted by Gasteiger charge is -1.99. The zero-order chi connectivity index (χ0) is 11.5. The summed E-state index contributed by atoms with van der Waals surface area (Å²) in [6.45, 7) is 3.62. The molecule has 0 aliphatic heterocycles. The lowest BCUT2D eigenvalue weighted by Crippen LogP contribution is -1.99. The first-order valence-corrected chi connectivity index (χ1v) is 5.73. The molecular weight excluding hydrogens is 203 g/mol. The summed E-state index contributed by atoms with van der Waals surface area (Å²) in [4.78, 5) is 0. The molecule has 0 radical (unpaired) electrons. The Morgan fingerprint density at radius 2 is 2.19 bits per heavy atom. The zero-order valence-electron chi connectivity index (χ0n) is 9.54. The Morgan fingerprint density at radius 3 is 2.88 bits per heavy atom. The van der Waals surface area contributed by atoms with Gasteiger partial charge in [0, 0.05) is 18.1 Å². The number of nitrogens with two attached hydrogens (primary N) is 1. The molecule has 2 N–H and O–H groups in total. The van der Waals surface area contributed by atoms with Gasteiger partial charge in [-0.1, -0.05) is 0 Å². The first-order valence-electron chi connectivity index (χ1n) is 5.73. The average molecular weight is 220 g/mol. The van der Waals surface area contributed by atoms with Gasteiger partial charge in [0.1, 0.15) is 5.82 Å². The van der Waals surface area contributed by atoms with E-state index in [0.717, 1.165) is 30.3 Å². The van der Waals surface area contributed by atoms with Crippen molar-refractivity contribution in [3.8, 4) is 0 Å². The molecule has 0 aliphatic carbocycles. The van der Waals surface area contributed by atoms with E-state index >= 15 is 0 Å². The number of halogens is 1. The molecule has 0 saturated carbocycles. The third-order valence-corrected chi connectivity index (χ3v) is 2.92. The maximum Gasteiger partial charge on any atom is 0.125 e. The number of hydrogen-bond donors (Lipinski definition) is 1. The molecule has 1 heterocycles. The van der Waals surface area contributed by atoms with Crippen molar-refractivity contribution in [1.29, 1.82) is 0 Å². The highest BCUT2D eigenvalue weighted by molar-refractivity contribution is 5.84. The fourth-order valence-electron chi connectivity index (χ4n) is 2.09. The van der Waals surface area contributed by atoms with Gasteiger partial charge in [-0.3, -0.25) is 0 Å². The number of aryl methyl sites for hydroxylation is 2. The predicted molar refractivity (Wildman–Crippen MR) is 64.9 cm³/mol. The Morgan fingerprint density at radius 1 is 1.38 bits per heavy atom. The highest BCUT2D eigenvalue weighted by atomic mass is 19.1. The summed E-state index contributed by atoms with van der Waals surface area (Å²) < 4.78 is 15.3. The van der Waals surface area contributed by atoms with Gasteiger partial charge in [-0.15, -0.1) is 0 Å². The molecule has 2 aromatic rings. The molecule has 0 saturated heterocycles. The van der Waals surface area contributed by atoms with Crippen LogP contribution in [0.4, 0.5) is 4.39 Å². The first-order chi connectivity index (χ1) is 7.76. The van der Waals surface area contributed by atoms with Crippen molar-refractivity contribution in [1.82, 2.24) is 4.57 Å². The molecule has 1 aromatic carbocycles. The van der Waals surface area contributed by atoms with Crippen LogP contribution in [-0.4, -0.2) is 11.1 Å². The van der Waals surface area contributed by atoms with E-state index in [9.17, 15) is 4.39 Å². The van der Waals surface area contributed by atoms with Gasteiger partial charge in [-0.25, -0.2) is 4.39 Å². The number of benzene rings is 1. The van der Waals surface area contributed by atoms with Gasteiger partial charge in [0.25, 0.3) is 0 Å². The molecule has 16 heavy (non-hydrogen) atoms. The van der Waals surface area contributed by atoms with Crippen LogP contribution in [-0.2, 0) is 13.0 Å². The second kappa shape index (κ2) is 4.66. The van der Waals surface area contributed by atoms with Crippen LogP contribution >= 0.6 is 0 Å². The van der Waals surface area contributed by atoms with Crippen LogP contribution in [0.1, 0.15) is 18.9 Å². The molecule has 0 unspecified atom stereocenters. The van der Waals surface area contributed by atoms with Crippen LogP contribution in [0.3, 0.4) is 0 Å². The second-order valence-electron chi connectivity index (χ2n) is 3.99. The van der Waals surface area contributed by atoms with Crippen molar-refractivity contribution < 1.29 is 4.39 Å². The molecule has 0 amide bonds. The number of nitrogens with zero attached hydrogens (tertiary/aromatic N) is 1. The summed E-state index contributed by atoms with van der Waals surface area (Å²) in [6, 6.07) is 4.99. The van der Waals surface area contributed by atoms with Crippen LogP contribution < -0.4 is 5.73 Å². The van der Waals surface area contributed by atoms with E-state index in [-0.39, 0.29) is 5.82 Å². The maximum absolute atomic E-state index is 13.2. The van der Waals surface area contributed by atoms with Crippen molar-refractivity contribution >= 4 is 10.9 Å². The maximum atomic E-state index is 13.2. The number of fused-ring (bicyclic) bond motifs is 1. The van der Waals surface area contributed by atoms with E-state index < -0.39 is 0 Å². The molecule has 1 aromatic heterocycles. The van der Waals surface area contributed by atoms with E-state index in [1.807, 2.05) is 6.07 Å². The summed E-state index contributed by atoms with van der Waals surface area (Å²) in [6.07, 6.45) is 4.05. The minimum Gasteiger partial charge on any atom is -0.347 e. The third kappa shape index (κ3) is 1.95. The molecule has 0 aliphatic rings. The van der Waals surface area contributed by atoms with Gasteiger partial charge >= 0.3 is 0 Å². The summed E-state index contributed by atoms with van der Waals surface area (Å²) in [7, 11) is 0. The van der Waals surface area contributed by atoms with E-state index in [2.05, 4.69) is 17.7 Å². The van der Waals surface area contributed by atoms with Crippen LogP contribution in [0.15, 0.2) is 24.4 Å². The Hall–Kier alpha value is -1.35. The standard InChI is InChI=1S/C13H17FN2/c1-2-16-9-10(4-3-7-15)12-6-5-11(14)8-13(12)16/h5-6,8-9H,2-4,7,15H2,1H3. The minimum atomic E-state index is -0.175. The van der Waals surface area contributed by atoms with Crippen molar-refractivity contribution in [2.24, 2.45) is 5.73 Å². The monoisotopic (exact) mass is 220 g/mol. The molecule has 2 rings (SSSR count). The molecule has 0 fully saturated rings. The highest BCUT2D eigenvalue weighted by Gasteiger charge is 2.07. The predicted octanol–water partition coefficient (Wildman–Crippen LogP) is 2.69. The molecule has 2 nitrogen and oxygen atoms in total. The number of aromatic nitrogens is 1. The Labute approximate surface area is 94.9 Å². The van der Waals surface area contributed by atoms with Crippen molar-refractivity contribution in [2.45, 2.75) is 26.3 Å². The van der Waals surface area contributed by atoms with E-state index in [1.165, 1.54) is 11.6 Å². The number of rotatable bonds is 4. The van der Waals surface area contributed by atoms with Gasteiger partial charge in [0.05, 0.1) is 5.52 Å². The summed E-state index contributed by atoms with van der Waals surface area (Å²) in [5.41, 5.74) is 7.76. The van der Waals surface area contributed by atoms with Crippen LogP contribution in [0.25, 0.3) is 10.9 Å². The van der Waals surface area contributed by atoms with E-state index in [0.29, 0.717) is 6.54 Å². The minimum absolute atomic E-state index is 0.175. The zero-order valence-corrected chi connectivity index (χ0v) is 9.54. The Balaban J connectivity index is 2.50. The summed E-state index contributed by atoms with van der Waals surface area (Å²) >= 11 is 0. The molecule has 0 spiro atoms. The molecule has 0 atom stereocenters. The van der Waals surface area contributed by atoms with Crippen LogP contribution in [0, 0.1) is 5.82 Å². The van der Waals surface area contributed by atoms with Gasteiger partial charge in [-0.2, -0.15) is 0 Å². The van der Waals surface area contributed by atoms with Crippen molar-refractivity contribution in [2.75, 3.05) is 6.54 Å². The van der Waals surface area contributed by atoms with Crippen molar-refractivity contribution in [3.63, 3.8) is 0 Å². The highest BCUT2D eigenvalue weighted by Crippen LogP contribution is 2.23. The molecule has 0 bridgehead atoms. The quantitative estimate of drug-likeness (QED) is 0.843. The van der Waals surface area contributed by atoms with Gasteiger partial charge < -0.3 is 10.3 Å². The average Bonchev–Trinajstić information content (AvgIpc) is 2.63. The Bertz CT molecular complexity index is 488. The normalized spacial score (nSPS) is 11.2. The lowest BCUT2D eigenvalue weighted by molar-refractivity contribution is 0.628. The van der Waals surface area contributed by atoms with Crippen LogP contribution in [0.5, 0.6) is 0 Å². The van der Waals surface area contributed by atoms with Gasteiger partial charge in [0.15, 0.2) is 0 Å². The first kappa shape index (κ1) is 11.1. The molecular formula is C13H17FN2. The molecule has 86 valence electrons. The smallest absolute Gasteiger partial charge is 0.125 e. The van der Waals surface area contributed by atoms with Crippen molar-refractivity contribution in [3.05, 3.63) is 35.8 Å². The fraction of sp³-hybridized carbons (Fsp3) is 0.385. The van der Waals surface area contributed by atoms with Crippen LogP contribution in [0.2, 0.25) is 0 Å². The van der Waals surface area contributed by atoms with E-state index in [1.54, 1.807) is 6.07 Å². The summed E-state index contributed by atoms with van der Waals surface area (Å²) in [5.74, 6) is -0.175. The topological polar surface area (TPSA) is 30.9 Å². The van der Waals surface area contributed by atoms with Gasteiger partial charge in [-0.05, 0) is 50.1 Å². The third-order valence-electron chi connectivity index (χ3n) is 2.92. The largest absolute Gasteiger partial charge is 0.347 e. The lowest BCUT2D eigenvalue weighted by atomic mass is 10.1. The number of hydrogen-bond acceptors (Lipinski definition) is 1. The Kier molecular flexibility index (Phi) is 3.25. The summed E-state index contributed by atoms with van der Waals surface area (Å²) in [5, 5.41) is 1.15.